The average molecular weight is 534 g/mol. The van der Waals surface area contributed by atoms with Gasteiger partial charge in [0.05, 0.1) is 12.7 Å². The van der Waals surface area contributed by atoms with Gasteiger partial charge < -0.3 is 14.3 Å². The Kier molecular flexibility index (Phi) is 5.06. The summed E-state index contributed by atoms with van der Waals surface area (Å²) >= 11 is 2.55. The van der Waals surface area contributed by atoms with Gasteiger partial charge in [0.15, 0.2) is 8.32 Å². The van der Waals surface area contributed by atoms with Crippen LogP contribution in [0.25, 0.3) is 0 Å². The zero-order chi connectivity index (χ0) is 21.4. The normalized spacial score (nSPS) is 39.1. The Bertz CT molecular complexity index is 901. The van der Waals surface area contributed by atoms with Gasteiger partial charge in [-0.3, -0.25) is 14.3 Å². The fourth-order valence-electron chi connectivity index (χ4n) is 5.16. The number of nitrogens with zero attached hydrogens (tertiary/aromatic N) is 1. The molecule has 5 rings (SSSR count). The van der Waals surface area contributed by atoms with Gasteiger partial charge in [-0.25, -0.2) is 4.79 Å². The smallest absolute Gasteiger partial charge is 0.330 e. The minimum absolute atomic E-state index is 0.0222. The molecule has 0 radical (unpaired) electrons. The maximum atomic E-state index is 12.6. The second-order valence-corrected chi connectivity index (χ2v) is 17.7. The molecule has 1 aliphatic heterocycles. The number of aliphatic hydroxyl groups excluding tert-OH is 1. The summed E-state index contributed by atoms with van der Waals surface area (Å²) in [4.78, 5) is 26.5. The van der Waals surface area contributed by atoms with Crippen LogP contribution >= 0.6 is 22.6 Å². The first kappa shape index (κ1) is 21.7. The Morgan fingerprint density at radius 3 is 2.45 bits per heavy atom. The van der Waals surface area contributed by atoms with Crippen LogP contribution in [0.1, 0.15) is 46.3 Å². The minimum Gasteiger partial charge on any atom is -0.411 e. The molecule has 1 saturated heterocycles. The lowest BCUT2D eigenvalue weighted by Crippen LogP contribution is -2.69. The van der Waals surface area contributed by atoms with Gasteiger partial charge in [-0.1, -0.05) is 43.4 Å². The maximum absolute atomic E-state index is 12.6. The third-order valence-corrected chi connectivity index (χ3v) is 13.2. The zero-order valence-electron chi connectivity index (χ0n) is 17.7. The molecule has 9 heteroatoms. The molecule has 1 aromatic heterocycles. The van der Waals surface area contributed by atoms with E-state index in [0.29, 0.717) is 3.42 Å². The van der Waals surface area contributed by atoms with Crippen LogP contribution in [0.5, 0.6) is 0 Å². The molecular weight excluding hydrogens is 503 g/mol. The van der Waals surface area contributed by atoms with E-state index in [1.54, 1.807) is 0 Å². The van der Waals surface area contributed by atoms with Crippen molar-refractivity contribution in [1.82, 2.24) is 9.55 Å². The standard InChI is InChI=1S/C20H31IN2O5Si/c1-18(2,3)29(4,5)28-15-12(8-24)27-16(23-7-6-13(25)22-17(23)26)14(15)19-9-20(21,10-19)11-19/h6-7,12,14-16,24H,8-11H2,1-5H3,(H,22,25,26)/t12-,14?,15?,16-,19?,20?/m1/s1. The Hall–Kier alpha value is -0.493. The number of nitrogens with one attached hydrogen (secondary N) is 1. The number of hydrogen-bond donors (Lipinski definition) is 2. The first-order valence-electron chi connectivity index (χ1n) is 10.3. The van der Waals surface area contributed by atoms with E-state index in [0.717, 1.165) is 19.3 Å². The zero-order valence-corrected chi connectivity index (χ0v) is 20.9. The highest BCUT2D eigenvalue weighted by atomic mass is 127. The van der Waals surface area contributed by atoms with E-state index in [4.69, 9.17) is 9.16 Å². The molecule has 1 aromatic rings. The van der Waals surface area contributed by atoms with E-state index < -0.39 is 31.9 Å². The fourth-order valence-corrected chi connectivity index (χ4v) is 8.77. The van der Waals surface area contributed by atoms with Gasteiger partial charge in [0, 0.05) is 21.6 Å². The van der Waals surface area contributed by atoms with Gasteiger partial charge in [0.1, 0.15) is 12.3 Å². The highest BCUT2D eigenvalue weighted by Crippen LogP contribution is 2.77. The lowest BCUT2D eigenvalue weighted by atomic mass is 9.39. The Labute approximate surface area is 185 Å². The molecule has 3 aliphatic carbocycles. The summed E-state index contributed by atoms with van der Waals surface area (Å²) in [5, 5.41) is 10.1. The quantitative estimate of drug-likeness (QED) is 0.345. The first-order chi connectivity index (χ1) is 13.3. The van der Waals surface area contributed by atoms with Crippen LogP contribution in [0.2, 0.25) is 18.1 Å². The van der Waals surface area contributed by atoms with E-state index in [-0.39, 0.29) is 29.1 Å². The molecule has 162 valence electrons. The number of rotatable bonds is 5. The maximum Gasteiger partial charge on any atom is 0.330 e. The van der Waals surface area contributed by atoms with Gasteiger partial charge in [-0.05, 0) is 42.8 Å². The summed E-state index contributed by atoms with van der Waals surface area (Å²) in [6.45, 7) is 10.9. The van der Waals surface area contributed by atoms with Gasteiger partial charge in [0.2, 0.25) is 0 Å². The van der Waals surface area contributed by atoms with Crippen LogP contribution < -0.4 is 11.2 Å². The van der Waals surface area contributed by atoms with Crippen molar-refractivity contribution < 1.29 is 14.3 Å². The summed E-state index contributed by atoms with van der Waals surface area (Å²) in [5.74, 6) is -0.0333. The lowest BCUT2D eigenvalue weighted by Gasteiger charge is -2.71. The topological polar surface area (TPSA) is 93.6 Å². The molecule has 29 heavy (non-hydrogen) atoms. The second-order valence-electron chi connectivity index (χ2n) is 10.7. The fraction of sp³-hybridized carbons (Fsp3) is 0.800. The van der Waals surface area contributed by atoms with Crippen molar-refractivity contribution >= 4 is 30.9 Å². The molecule has 7 nitrogen and oxygen atoms in total. The summed E-state index contributed by atoms with van der Waals surface area (Å²) in [7, 11) is -2.13. The molecule has 0 amide bonds. The summed E-state index contributed by atoms with van der Waals surface area (Å²) in [6.07, 6.45) is 3.44. The van der Waals surface area contributed by atoms with E-state index in [2.05, 4.69) is 61.4 Å². The molecule has 3 saturated carbocycles. The molecule has 0 aromatic carbocycles. The predicted molar refractivity (Wildman–Crippen MR) is 121 cm³/mol. The molecule has 4 fully saturated rings. The Balaban J connectivity index is 1.75. The second kappa shape index (κ2) is 6.75. The number of H-pyrrole nitrogens is 1. The Morgan fingerprint density at radius 1 is 1.34 bits per heavy atom. The third kappa shape index (κ3) is 3.40. The largest absolute Gasteiger partial charge is 0.411 e. The van der Waals surface area contributed by atoms with Crippen molar-refractivity contribution in [2.45, 2.75) is 80.0 Å². The van der Waals surface area contributed by atoms with Gasteiger partial charge in [-0.15, -0.1) is 0 Å². The molecule has 4 atom stereocenters. The van der Waals surface area contributed by atoms with E-state index >= 15 is 0 Å². The number of ether oxygens (including phenoxy) is 1. The molecule has 2 N–H and O–H groups in total. The number of aliphatic hydroxyl groups is 1. The van der Waals surface area contributed by atoms with Crippen LogP contribution in [0.15, 0.2) is 21.9 Å². The van der Waals surface area contributed by atoms with Crippen molar-refractivity contribution in [2.75, 3.05) is 6.61 Å². The SMILES string of the molecule is CC(C)(C)[Si](C)(C)OC1C(C23CC(I)(C2)C3)[C@H](n2ccc(=O)[nH]c2=O)O[C@@H]1CO. The van der Waals surface area contributed by atoms with Crippen LogP contribution in [-0.4, -0.2) is 45.2 Å². The van der Waals surface area contributed by atoms with E-state index in [1.807, 2.05) is 0 Å². The number of aromatic amines is 1. The number of alkyl halides is 1. The molecular formula is C20H31IN2O5Si. The highest BCUT2D eigenvalue weighted by molar-refractivity contribution is 14.1. The van der Waals surface area contributed by atoms with Gasteiger partial charge in [0.25, 0.3) is 5.56 Å². The van der Waals surface area contributed by atoms with Crippen molar-refractivity contribution in [3.63, 3.8) is 0 Å². The van der Waals surface area contributed by atoms with Crippen LogP contribution in [-0.2, 0) is 9.16 Å². The third-order valence-electron chi connectivity index (χ3n) is 7.60. The van der Waals surface area contributed by atoms with Crippen molar-refractivity contribution in [3.05, 3.63) is 33.1 Å². The van der Waals surface area contributed by atoms with Crippen LogP contribution in [0.3, 0.4) is 0 Å². The molecule has 2 bridgehead atoms. The summed E-state index contributed by atoms with van der Waals surface area (Å²) in [5.41, 5.74) is -0.837. The molecule has 2 unspecified atom stereocenters. The Morgan fingerprint density at radius 2 is 1.97 bits per heavy atom. The van der Waals surface area contributed by atoms with Gasteiger partial charge in [-0.2, -0.15) is 0 Å². The predicted octanol–water partition coefficient (Wildman–Crippen LogP) is 2.79. The van der Waals surface area contributed by atoms with Crippen molar-refractivity contribution in [2.24, 2.45) is 11.3 Å². The first-order valence-corrected chi connectivity index (χ1v) is 14.2. The number of aromatic nitrogens is 2. The molecule has 0 spiro atoms. The molecule has 2 heterocycles. The minimum atomic E-state index is -2.13. The molecule has 4 aliphatic rings. The van der Waals surface area contributed by atoms with Crippen LogP contribution in [0.4, 0.5) is 0 Å². The van der Waals surface area contributed by atoms with Crippen molar-refractivity contribution in [3.8, 4) is 0 Å². The average Bonchev–Trinajstić information content (AvgIpc) is 2.87. The highest BCUT2D eigenvalue weighted by Gasteiger charge is 2.74. The monoisotopic (exact) mass is 534 g/mol. The summed E-state index contributed by atoms with van der Waals surface area (Å²) < 4.78 is 14.9. The van der Waals surface area contributed by atoms with Crippen molar-refractivity contribution in [1.29, 1.82) is 0 Å². The van der Waals surface area contributed by atoms with E-state index in [9.17, 15) is 14.7 Å². The van der Waals surface area contributed by atoms with Gasteiger partial charge >= 0.3 is 5.69 Å². The number of halogens is 1. The van der Waals surface area contributed by atoms with Crippen LogP contribution in [0, 0.1) is 11.3 Å². The number of hydrogen-bond acceptors (Lipinski definition) is 5. The summed E-state index contributed by atoms with van der Waals surface area (Å²) in [6, 6.07) is 1.35. The van der Waals surface area contributed by atoms with E-state index in [1.165, 1.54) is 16.8 Å². The lowest BCUT2D eigenvalue weighted by molar-refractivity contribution is -0.162.